The molecule has 2 aliphatic heterocycles. The molecule has 0 aliphatic carbocycles. The zero-order valence-electron chi connectivity index (χ0n) is 11.6. The number of aliphatic hydroxyl groups excluding tert-OH is 1. The number of rotatable bonds is 3. The fourth-order valence-electron chi connectivity index (χ4n) is 3.11. The van der Waals surface area contributed by atoms with Crippen molar-refractivity contribution in [2.45, 2.75) is 35.6 Å². The van der Waals surface area contributed by atoms with Crippen LogP contribution in [0.3, 0.4) is 0 Å². The van der Waals surface area contributed by atoms with Crippen molar-refractivity contribution in [3.63, 3.8) is 0 Å². The first-order valence-corrected chi connectivity index (χ1v) is 9.78. The third-order valence-electron chi connectivity index (χ3n) is 4.28. The number of hydrogen-bond acceptors (Lipinski definition) is 5. The molecule has 1 aromatic rings. The first-order chi connectivity index (χ1) is 9.96. The number of piperidine rings is 1. The van der Waals surface area contributed by atoms with Gasteiger partial charge in [0, 0.05) is 32.2 Å². The van der Waals surface area contributed by atoms with Crippen LogP contribution in [-0.4, -0.2) is 61.1 Å². The summed E-state index contributed by atoms with van der Waals surface area (Å²) < 4.78 is 27.4. The van der Waals surface area contributed by atoms with Gasteiger partial charge < -0.3 is 5.11 Å². The number of sulfonamides is 1. The van der Waals surface area contributed by atoms with E-state index >= 15 is 0 Å². The summed E-state index contributed by atoms with van der Waals surface area (Å²) in [6.45, 7) is 2.71. The minimum Gasteiger partial charge on any atom is -0.392 e. The maximum atomic E-state index is 12.5. The standard InChI is InChI=1S/C13H19ClN2O3S2/c14-12-1-2-13(20-12)21(18,19)16-7-3-10(4-8-16)15-6-5-11(17)9-15/h1-2,10-11,17H,3-9H2/t11-/m0/s1. The highest BCUT2D eigenvalue weighted by molar-refractivity contribution is 7.91. The molecule has 2 saturated heterocycles. The Balaban J connectivity index is 1.63. The second kappa shape index (κ2) is 6.14. The van der Waals surface area contributed by atoms with Gasteiger partial charge in [0.15, 0.2) is 0 Å². The molecule has 8 heteroatoms. The summed E-state index contributed by atoms with van der Waals surface area (Å²) in [5.41, 5.74) is 0. The molecule has 2 aliphatic rings. The Kier molecular flexibility index (Phi) is 4.59. The molecule has 118 valence electrons. The van der Waals surface area contributed by atoms with E-state index in [0.29, 0.717) is 27.7 Å². The van der Waals surface area contributed by atoms with Crippen molar-refractivity contribution in [1.82, 2.24) is 9.21 Å². The van der Waals surface area contributed by atoms with Crippen molar-refractivity contribution in [3.8, 4) is 0 Å². The van der Waals surface area contributed by atoms with E-state index in [1.165, 1.54) is 0 Å². The quantitative estimate of drug-likeness (QED) is 0.900. The van der Waals surface area contributed by atoms with Crippen LogP contribution in [0.1, 0.15) is 19.3 Å². The highest BCUT2D eigenvalue weighted by Crippen LogP contribution is 2.30. The van der Waals surface area contributed by atoms with Gasteiger partial charge in [0.2, 0.25) is 0 Å². The van der Waals surface area contributed by atoms with E-state index in [2.05, 4.69) is 4.90 Å². The van der Waals surface area contributed by atoms with E-state index in [-0.39, 0.29) is 6.10 Å². The molecule has 0 spiro atoms. The van der Waals surface area contributed by atoms with Gasteiger partial charge in [-0.1, -0.05) is 11.6 Å². The molecule has 5 nitrogen and oxygen atoms in total. The van der Waals surface area contributed by atoms with E-state index in [0.717, 1.165) is 43.7 Å². The lowest BCUT2D eigenvalue weighted by molar-refractivity contribution is 0.132. The molecule has 3 heterocycles. The molecule has 1 aromatic heterocycles. The Morgan fingerprint density at radius 3 is 2.43 bits per heavy atom. The van der Waals surface area contributed by atoms with Gasteiger partial charge in [-0.15, -0.1) is 11.3 Å². The SMILES string of the molecule is O=S(=O)(c1ccc(Cl)s1)N1CCC(N2CC[C@H](O)C2)CC1. The van der Waals surface area contributed by atoms with E-state index in [1.54, 1.807) is 16.4 Å². The van der Waals surface area contributed by atoms with E-state index < -0.39 is 10.0 Å². The largest absolute Gasteiger partial charge is 0.392 e. The fourth-order valence-corrected chi connectivity index (χ4v) is 6.22. The van der Waals surface area contributed by atoms with Crippen LogP contribution in [-0.2, 0) is 10.0 Å². The Morgan fingerprint density at radius 1 is 1.19 bits per heavy atom. The van der Waals surface area contributed by atoms with Crippen molar-refractivity contribution in [2.24, 2.45) is 0 Å². The topological polar surface area (TPSA) is 60.9 Å². The Bertz CT molecular complexity index is 596. The summed E-state index contributed by atoms with van der Waals surface area (Å²) in [4.78, 5) is 2.29. The molecule has 0 radical (unpaired) electrons. The lowest BCUT2D eigenvalue weighted by Gasteiger charge is -2.35. The van der Waals surface area contributed by atoms with E-state index in [9.17, 15) is 13.5 Å². The minimum atomic E-state index is -3.40. The maximum Gasteiger partial charge on any atom is 0.252 e. The predicted molar refractivity (Wildman–Crippen MR) is 83.3 cm³/mol. The molecule has 1 N–H and O–H groups in total. The number of thiophene rings is 1. The summed E-state index contributed by atoms with van der Waals surface area (Å²) in [5.74, 6) is 0. The van der Waals surface area contributed by atoms with Gasteiger partial charge in [0.1, 0.15) is 4.21 Å². The molecular formula is C13H19ClN2O3S2. The highest BCUT2D eigenvalue weighted by Gasteiger charge is 2.34. The fraction of sp³-hybridized carbons (Fsp3) is 0.692. The van der Waals surface area contributed by atoms with Crippen LogP contribution in [0.4, 0.5) is 0 Å². The lowest BCUT2D eigenvalue weighted by atomic mass is 10.1. The van der Waals surface area contributed by atoms with Crippen LogP contribution in [0.15, 0.2) is 16.3 Å². The molecule has 2 fully saturated rings. The summed E-state index contributed by atoms with van der Waals surface area (Å²) in [7, 11) is -3.40. The van der Waals surface area contributed by atoms with Crippen LogP contribution < -0.4 is 0 Å². The van der Waals surface area contributed by atoms with Gasteiger partial charge in [0.05, 0.1) is 10.4 Å². The first-order valence-electron chi connectivity index (χ1n) is 7.14. The third kappa shape index (κ3) is 3.28. The van der Waals surface area contributed by atoms with Crippen LogP contribution in [0.25, 0.3) is 0 Å². The average Bonchev–Trinajstić information content (AvgIpc) is 3.08. The van der Waals surface area contributed by atoms with Gasteiger partial charge in [-0.3, -0.25) is 4.90 Å². The minimum absolute atomic E-state index is 0.222. The summed E-state index contributed by atoms with van der Waals surface area (Å²) >= 11 is 6.94. The predicted octanol–water partition coefficient (Wildman–Crippen LogP) is 1.62. The number of β-amino-alcohol motifs (C(OH)–C–C–N with tert-alkyl or cyclic N) is 1. The Hall–Kier alpha value is -0.180. The van der Waals surface area contributed by atoms with Crippen LogP contribution >= 0.6 is 22.9 Å². The zero-order valence-corrected chi connectivity index (χ0v) is 14.0. The normalized spacial score (nSPS) is 26.5. The maximum absolute atomic E-state index is 12.5. The van der Waals surface area contributed by atoms with Crippen molar-refractivity contribution in [3.05, 3.63) is 16.5 Å². The molecule has 0 aromatic carbocycles. The number of likely N-dealkylation sites (tertiary alicyclic amines) is 1. The second-order valence-corrected chi connectivity index (χ2v) is 9.51. The Morgan fingerprint density at radius 2 is 1.90 bits per heavy atom. The lowest BCUT2D eigenvalue weighted by Crippen LogP contribution is -2.46. The summed E-state index contributed by atoms with van der Waals surface area (Å²) in [6, 6.07) is 3.59. The molecule has 0 saturated carbocycles. The van der Waals surface area contributed by atoms with Gasteiger partial charge in [-0.05, 0) is 31.4 Å². The number of nitrogens with zero attached hydrogens (tertiary/aromatic N) is 2. The highest BCUT2D eigenvalue weighted by atomic mass is 35.5. The van der Waals surface area contributed by atoms with E-state index in [1.807, 2.05) is 0 Å². The van der Waals surface area contributed by atoms with Gasteiger partial charge in [0.25, 0.3) is 10.0 Å². The average molecular weight is 351 g/mol. The number of halogens is 1. The molecular weight excluding hydrogens is 332 g/mol. The summed E-state index contributed by atoms with van der Waals surface area (Å²) in [5, 5.41) is 9.60. The Labute approximate surface area is 134 Å². The van der Waals surface area contributed by atoms with Gasteiger partial charge in [-0.2, -0.15) is 4.31 Å². The molecule has 1 atom stereocenters. The molecule has 0 bridgehead atoms. The molecule has 0 unspecified atom stereocenters. The third-order valence-corrected chi connectivity index (χ3v) is 7.87. The van der Waals surface area contributed by atoms with Gasteiger partial charge >= 0.3 is 0 Å². The number of aliphatic hydroxyl groups is 1. The van der Waals surface area contributed by atoms with Crippen LogP contribution in [0.2, 0.25) is 4.34 Å². The first kappa shape index (κ1) is 15.7. The second-order valence-electron chi connectivity index (χ2n) is 5.63. The van der Waals surface area contributed by atoms with Crippen molar-refractivity contribution < 1.29 is 13.5 Å². The smallest absolute Gasteiger partial charge is 0.252 e. The molecule has 3 rings (SSSR count). The van der Waals surface area contributed by atoms with Crippen molar-refractivity contribution in [2.75, 3.05) is 26.2 Å². The van der Waals surface area contributed by atoms with Crippen LogP contribution in [0, 0.1) is 0 Å². The monoisotopic (exact) mass is 350 g/mol. The van der Waals surface area contributed by atoms with Crippen molar-refractivity contribution in [1.29, 1.82) is 0 Å². The van der Waals surface area contributed by atoms with Crippen molar-refractivity contribution >= 4 is 33.0 Å². The van der Waals surface area contributed by atoms with E-state index in [4.69, 9.17) is 11.6 Å². The zero-order chi connectivity index (χ0) is 15.0. The molecule has 0 amide bonds. The summed E-state index contributed by atoms with van der Waals surface area (Å²) in [6.07, 6.45) is 2.25. The van der Waals surface area contributed by atoms with Gasteiger partial charge in [-0.25, -0.2) is 8.42 Å². The molecule has 21 heavy (non-hydrogen) atoms. The van der Waals surface area contributed by atoms with Crippen LogP contribution in [0.5, 0.6) is 0 Å². The number of hydrogen-bond donors (Lipinski definition) is 1.